The summed E-state index contributed by atoms with van der Waals surface area (Å²) in [7, 11) is 0. The highest BCUT2D eigenvalue weighted by Gasteiger charge is 2.08. The van der Waals surface area contributed by atoms with E-state index in [1.165, 1.54) is 16.9 Å². The van der Waals surface area contributed by atoms with Crippen LogP contribution in [0.25, 0.3) is 0 Å². The molecule has 2 amide bonds. The van der Waals surface area contributed by atoms with Crippen LogP contribution in [0.5, 0.6) is 0 Å². The summed E-state index contributed by atoms with van der Waals surface area (Å²) in [4.78, 5) is 24.0. The van der Waals surface area contributed by atoms with Crippen LogP contribution in [0.1, 0.15) is 35.0 Å². The van der Waals surface area contributed by atoms with Crippen molar-refractivity contribution < 1.29 is 9.59 Å². The molecule has 0 unspecified atom stereocenters. The third kappa shape index (κ3) is 6.17. The molecule has 2 aromatic rings. The first kappa shape index (κ1) is 18.9. The molecule has 0 radical (unpaired) electrons. The highest BCUT2D eigenvalue weighted by Crippen LogP contribution is 2.16. The van der Waals surface area contributed by atoms with Gasteiger partial charge in [-0.2, -0.15) is 0 Å². The van der Waals surface area contributed by atoms with Crippen LogP contribution < -0.4 is 21.5 Å². The molecule has 1 heterocycles. The molecule has 0 aliphatic rings. The van der Waals surface area contributed by atoms with Crippen molar-refractivity contribution in [3.8, 4) is 0 Å². The molecule has 132 valence electrons. The van der Waals surface area contributed by atoms with E-state index in [-0.39, 0.29) is 17.6 Å². The average Bonchev–Trinajstić information content (AvgIpc) is 3.13. The predicted molar refractivity (Wildman–Crippen MR) is 105 cm³/mol. The van der Waals surface area contributed by atoms with E-state index >= 15 is 0 Å². The second-order valence-electron chi connectivity index (χ2n) is 5.56. The number of thiophene rings is 1. The number of carbonyl (C=O) groups is 2. The van der Waals surface area contributed by atoms with E-state index in [4.69, 9.17) is 12.2 Å². The second kappa shape index (κ2) is 9.14. The molecule has 1 aromatic carbocycles. The topological polar surface area (TPSA) is 82.3 Å². The Morgan fingerprint density at radius 3 is 2.44 bits per heavy atom. The zero-order valence-electron chi connectivity index (χ0n) is 14.0. The fraction of sp³-hybridized carbons (Fsp3) is 0.235. The Morgan fingerprint density at radius 1 is 1.12 bits per heavy atom. The number of hydrogen-bond donors (Lipinski definition) is 4. The van der Waals surface area contributed by atoms with E-state index in [0.717, 1.165) is 5.69 Å². The van der Waals surface area contributed by atoms with E-state index in [0.29, 0.717) is 10.8 Å². The Bertz CT molecular complexity index is 728. The summed E-state index contributed by atoms with van der Waals surface area (Å²) in [6.07, 6.45) is 0. The molecular formula is C17H20N4O2S2. The monoisotopic (exact) mass is 376 g/mol. The molecular weight excluding hydrogens is 356 g/mol. The van der Waals surface area contributed by atoms with Crippen LogP contribution in [-0.4, -0.2) is 23.5 Å². The molecule has 4 N–H and O–H groups in total. The van der Waals surface area contributed by atoms with E-state index in [1.54, 1.807) is 17.5 Å². The molecule has 0 fully saturated rings. The molecule has 2 rings (SSSR count). The van der Waals surface area contributed by atoms with Crippen molar-refractivity contribution in [2.45, 2.75) is 19.8 Å². The molecule has 1 aromatic heterocycles. The molecule has 0 bridgehead atoms. The fourth-order valence-corrected chi connectivity index (χ4v) is 2.75. The van der Waals surface area contributed by atoms with Gasteiger partial charge in [-0.15, -0.1) is 11.3 Å². The van der Waals surface area contributed by atoms with Crippen molar-refractivity contribution in [3.63, 3.8) is 0 Å². The molecule has 0 spiro atoms. The van der Waals surface area contributed by atoms with Crippen molar-refractivity contribution >= 4 is 46.2 Å². The lowest BCUT2D eigenvalue weighted by Gasteiger charge is -2.13. The minimum atomic E-state index is -0.399. The van der Waals surface area contributed by atoms with Gasteiger partial charge < -0.3 is 10.6 Å². The third-order valence-electron chi connectivity index (χ3n) is 3.31. The van der Waals surface area contributed by atoms with E-state index in [1.807, 2.05) is 24.3 Å². The largest absolute Gasteiger partial charge is 0.342 e. The maximum absolute atomic E-state index is 11.7. The summed E-state index contributed by atoms with van der Waals surface area (Å²) in [5.41, 5.74) is 7.08. The lowest BCUT2D eigenvalue weighted by molar-refractivity contribution is -0.120. The van der Waals surface area contributed by atoms with Gasteiger partial charge in [0.15, 0.2) is 5.11 Å². The van der Waals surface area contributed by atoms with Crippen molar-refractivity contribution in [1.29, 1.82) is 0 Å². The maximum Gasteiger partial charge on any atom is 0.261 e. The number of anilines is 1. The number of hydrazine groups is 1. The van der Waals surface area contributed by atoms with Gasteiger partial charge in [-0.3, -0.25) is 20.4 Å². The third-order valence-corrected chi connectivity index (χ3v) is 4.38. The van der Waals surface area contributed by atoms with E-state index < -0.39 is 5.91 Å². The summed E-state index contributed by atoms with van der Waals surface area (Å²) in [5.74, 6) is -0.219. The average molecular weight is 377 g/mol. The first-order chi connectivity index (χ1) is 12.0. The van der Waals surface area contributed by atoms with Gasteiger partial charge in [0.05, 0.1) is 11.4 Å². The standard InChI is InChI=1S/C17H20N4O2S2/c1-11(2)12-5-7-13(8-6-12)19-17(24)21-20-15(22)10-18-16(23)14-4-3-9-25-14/h3-9,11H,10H2,1-2H3,(H,18,23)(H,20,22)(H2,19,21,24). The number of carbonyl (C=O) groups excluding carboxylic acids is 2. The lowest BCUT2D eigenvalue weighted by Crippen LogP contribution is -2.47. The van der Waals surface area contributed by atoms with Crippen molar-refractivity contribution in [2.75, 3.05) is 11.9 Å². The van der Waals surface area contributed by atoms with Gasteiger partial charge in [-0.05, 0) is 47.3 Å². The number of amides is 2. The maximum atomic E-state index is 11.7. The van der Waals surface area contributed by atoms with Gasteiger partial charge in [-0.1, -0.05) is 32.0 Å². The zero-order chi connectivity index (χ0) is 18.2. The van der Waals surface area contributed by atoms with Gasteiger partial charge in [0, 0.05) is 5.69 Å². The summed E-state index contributed by atoms with van der Waals surface area (Å²) in [5, 5.41) is 7.56. The van der Waals surface area contributed by atoms with E-state index in [2.05, 4.69) is 35.3 Å². The number of hydrogen-bond acceptors (Lipinski definition) is 4. The Morgan fingerprint density at radius 2 is 1.84 bits per heavy atom. The van der Waals surface area contributed by atoms with Crippen LogP contribution in [0.4, 0.5) is 5.69 Å². The number of rotatable bonds is 5. The summed E-state index contributed by atoms with van der Waals surface area (Å²) in [6, 6.07) is 11.4. The van der Waals surface area contributed by atoms with Crippen LogP contribution in [0.3, 0.4) is 0 Å². The summed E-state index contributed by atoms with van der Waals surface area (Å²) < 4.78 is 0. The van der Waals surface area contributed by atoms with Crippen LogP contribution in [0.2, 0.25) is 0 Å². The smallest absolute Gasteiger partial charge is 0.261 e. The highest BCUT2D eigenvalue weighted by molar-refractivity contribution is 7.80. The summed E-state index contributed by atoms with van der Waals surface area (Å²) in [6.45, 7) is 4.11. The minimum absolute atomic E-state index is 0.143. The SMILES string of the molecule is CC(C)c1ccc(NC(=S)NNC(=O)CNC(=O)c2cccs2)cc1. The van der Waals surface area contributed by atoms with Crippen LogP contribution >= 0.6 is 23.6 Å². The second-order valence-corrected chi connectivity index (χ2v) is 6.92. The van der Waals surface area contributed by atoms with Gasteiger partial charge in [-0.25, -0.2) is 0 Å². The molecule has 0 atom stereocenters. The van der Waals surface area contributed by atoms with Gasteiger partial charge >= 0.3 is 0 Å². The molecule has 8 heteroatoms. The van der Waals surface area contributed by atoms with E-state index in [9.17, 15) is 9.59 Å². The van der Waals surface area contributed by atoms with Crippen molar-refractivity contribution in [2.24, 2.45) is 0 Å². The predicted octanol–water partition coefficient (Wildman–Crippen LogP) is 2.62. The van der Waals surface area contributed by atoms with Crippen LogP contribution in [0.15, 0.2) is 41.8 Å². The Balaban J connectivity index is 1.70. The normalized spacial score (nSPS) is 10.2. The van der Waals surface area contributed by atoms with Gasteiger partial charge in [0.2, 0.25) is 0 Å². The molecule has 0 saturated carbocycles. The molecule has 0 saturated heterocycles. The first-order valence-electron chi connectivity index (χ1n) is 7.73. The number of nitrogens with one attached hydrogen (secondary N) is 4. The van der Waals surface area contributed by atoms with Crippen molar-refractivity contribution in [3.05, 3.63) is 52.2 Å². The molecule has 0 aliphatic heterocycles. The number of benzene rings is 1. The minimum Gasteiger partial charge on any atom is -0.342 e. The van der Waals surface area contributed by atoms with Gasteiger partial charge in [0.1, 0.15) is 0 Å². The number of thiocarbonyl (C=S) groups is 1. The Hall–Kier alpha value is -2.45. The molecule has 6 nitrogen and oxygen atoms in total. The Kier molecular flexibility index (Phi) is 6.91. The zero-order valence-corrected chi connectivity index (χ0v) is 15.6. The molecule has 25 heavy (non-hydrogen) atoms. The summed E-state index contributed by atoms with van der Waals surface area (Å²) >= 11 is 6.43. The Labute approximate surface area is 156 Å². The van der Waals surface area contributed by atoms with Gasteiger partial charge in [0.25, 0.3) is 11.8 Å². The van der Waals surface area contributed by atoms with Crippen LogP contribution in [-0.2, 0) is 4.79 Å². The van der Waals surface area contributed by atoms with Crippen LogP contribution in [0, 0.1) is 0 Å². The highest BCUT2D eigenvalue weighted by atomic mass is 32.1. The fourth-order valence-electron chi connectivity index (χ4n) is 1.94. The first-order valence-corrected chi connectivity index (χ1v) is 9.02. The quantitative estimate of drug-likeness (QED) is 0.476. The molecule has 0 aliphatic carbocycles. The lowest BCUT2D eigenvalue weighted by atomic mass is 10.0. The van der Waals surface area contributed by atoms with Crippen molar-refractivity contribution in [1.82, 2.24) is 16.2 Å².